The Morgan fingerprint density at radius 1 is 1.58 bits per heavy atom. The molecule has 2 aromatic rings. The lowest BCUT2D eigenvalue weighted by molar-refractivity contribution is -0.120. The minimum atomic E-state index is 0.111. The Hall–Kier alpha value is -1.42. The van der Waals surface area contributed by atoms with Gasteiger partial charge in [0.05, 0.1) is 6.20 Å². The van der Waals surface area contributed by atoms with E-state index in [9.17, 15) is 4.79 Å². The highest BCUT2D eigenvalue weighted by molar-refractivity contribution is 7.10. The molecule has 4 heteroatoms. The first-order valence-corrected chi connectivity index (χ1v) is 7.76. The first-order valence-electron chi connectivity index (χ1n) is 6.88. The first kappa shape index (κ1) is 12.6. The van der Waals surface area contributed by atoms with E-state index in [1.807, 2.05) is 17.1 Å². The molecule has 1 aliphatic carbocycles. The van der Waals surface area contributed by atoms with Gasteiger partial charge >= 0.3 is 0 Å². The molecule has 0 fully saturated rings. The fourth-order valence-corrected chi connectivity index (χ4v) is 3.80. The highest BCUT2D eigenvalue weighted by Crippen LogP contribution is 2.35. The Kier molecular flexibility index (Phi) is 3.51. The van der Waals surface area contributed by atoms with Gasteiger partial charge in [-0.25, -0.2) is 0 Å². The molecule has 3 nitrogen and oxygen atoms in total. The second-order valence-electron chi connectivity index (χ2n) is 5.09. The number of rotatable bonds is 4. The molecule has 1 unspecified atom stereocenters. The van der Waals surface area contributed by atoms with Gasteiger partial charge in [-0.15, -0.1) is 11.3 Å². The number of Topliss-reactive ketones (excluding diaryl/α,β-unsaturated/α-hetero) is 1. The van der Waals surface area contributed by atoms with E-state index < -0.39 is 0 Å². The third kappa shape index (κ3) is 2.50. The van der Waals surface area contributed by atoms with Crippen molar-refractivity contribution in [3.8, 4) is 0 Å². The number of fused-ring (bicyclic) bond motifs is 1. The lowest BCUT2D eigenvalue weighted by Crippen LogP contribution is -2.18. The van der Waals surface area contributed by atoms with Gasteiger partial charge in [0.1, 0.15) is 5.78 Å². The molecule has 2 heterocycles. The molecule has 0 radical (unpaired) electrons. The van der Waals surface area contributed by atoms with Gasteiger partial charge in [-0.05, 0) is 48.8 Å². The molecule has 0 aromatic carbocycles. The summed E-state index contributed by atoms with van der Waals surface area (Å²) in [6.45, 7) is 2.91. The molecule has 0 amide bonds. The minimum Gasteiger partial charge on any atom is -0.299 e. The number of aryl methyl sites for hydroxylation is 2. The van der Waals surface area contributed by atoms with Crippen molar-refractivity contribution >= 4 is 17.1 Å². The predicted molar refractivity (Wildman–Crippen MR) is 76.6 cm³/mol. The Balaban J connectivity index is 1.75. The van der Waals surface area contributed by atoms with Crippen LogP contribution in [0.4, 0.5) is 0 Å². The number of carbonyl (C=O) groups is 1. The number of hydrogen-bond acceptors (Lipinski definition) is 3. The van der Waals surface area contributed by atoms with Crippen LogP contribution in [0.25, 0.3) is 0 Å². The maximum absolute atomic E-state index is 12.5. The Morgan fingerprint density at radius 2 is 2.47 bits per heavy atom. The summed E-state index contributed by atoms with van der Waals surface area (Å²) >= 11 is 1.79. The summed E-state index contributed by atoms with van der Waals surface area (Å²) in [5.41, 5.74) is 2.32. The zero-order valence-electron chi connectivity index (χ0n) is 11.1. The van der Waals surface area contributed by atoms with Crippen molar-refractivity contribution in [3.05, 3.63) is 39.8 Å². The Bertz CT molecular complexity index is 584. The Labute approximate surface area is 117 Å². The fraction of sp³-hybridized carbons (Fsp3) is 0.467. The van der Waals surface area contributed by atoms with Crippen LogP contribution in [0.2, 0.25) is 0 Å². The van der Waals surface area contributed by atoms with Gasteiger partial charge in [0.15, 0.2) is 0 Å². The molecule has 100 valence electrons. The predicted octanol–water partition coefficient (Wildman–Crippen LogP) is 3.20. The monoisotopic (exact) mass is 274 g/mol. The maximum atomic E-state index is 12.5. The molecule has 0 spiro atoms. The largest absolute Gasteiger partial charge is 0.299 e. The average molecular weight is 274 g/mol. The number of ketones is 1. The van der Waals surface area contributed by atoms with Crippen LogP contribution in [0.1, 0.15) is 41.7 Å². The van der Waals surface area contributed by atoms with Gasteiger partial charge in [-0.1, -0.05) is 0 Å². The zero-order valence-corrected chi connectivity index (χ0v) is 11.9. The van der Waals surface area contributed by atoms with E-state index in [2.05, 4.69) is 23.5 Å². The van der Waals surface area contributed by atoms with Crippen molar-refractivity contribution < 1.29 is 4.79 Å². The van der Waals surface area contributed by atoms with Crippen LogP contribution in [-0.4, -0.2) is 15.6 Å². The zero-order chi connectivity index (χ0) is 13.2. The Morgan fingerprint density at radius 3 is 3.26 bits per heavy atom. The summed E-state index contributed by atoms with van der Waals surface area (Å²) in [6.07, 6.45) is 7.60. The van der Waals surface area contributed by atoms with Gasteiger partial charge in [-0.3, -0.25) is 9.48 Å². The molecule has 0 saturated carbocycles. The maximum Gasteiger partial charge on any atom is 0.144 e. The van der Waals surface area contributed by atoms with Crippen LogP contribution < -0.4 is 0 Å². The molecular formula is C15H18N2OS. The summed E-state index contributed by atoms with van der Waals surface area (Å²) in [5.74, 6) is 0.454. The number of hydrogen-bond donors (Lipinski definition) is 0. The van der Waals surface area contributed by atoms with Crippen LogP contribution >= 0.6 is 11.3 Å². The number of thiophene rings is 1. The van der Waals surface area contributed by atoms with Crippen molar-refractivity contribution in [2.45, 2.75) is 45.1 Å². The van der Waals surface area contributed by atoms with Crippen molar-refractivity contribution in [2.75, 3.05) is 0 Å². The molecule has 19 heavy (non-hydrogen) atoms. The van der Waals surface area contributed by atoms with Gasteiger partial charge in [-0.2, -0.15) is 5.10 Å². The summed E-state index contributed by atoms with van der Waals surface area (Å²) in [4.78, 5) is 13.9. The summed E-state index contributed by atoms with van der Waals surface area (Å²) in [6, 6.07) is 2.14. The smallest absolute Gasteiger partial charge is 0.144 e. The molecule has 0 bridgehead atoms. The van der Waals surface area contributed by atoms with E-state index in [0.29, 0.717) is 12.2 Å². The third-order valence-electron chi connectivity index (χ3n) is 3.83. The van der Waals surface area contributed by atoms with E-state index in [-0.39, 0.29) is 5.92 Å². The molecule has 0 saturated heterocycles. The van der Waals surface area contributed by atoms with Crippen molar-refractivity contribution in [2.24, 2.45) is 0 Å². The highest BCUT2D eigenvalue weighted by atomic mass is 32.1. The van der Waals surface area contributed by atoms with Crippen molar-refractivity contribution in [1.29, 1.82) is 0 Å². The molecule has 0 aliphatic heterocycles. The van der Waals surface area contributed by atoms with E-state index >= 15 is 0 Å². The highest BCUT2D eigenvalue weighted by Gasteiger charge is 2.27. The van der Waals surface area contributed by atoms with Crippen LogP contribution in [-0.2, 0) is 24.2 Å². The summed E-state index contributed by atoms with van der Waals surface area (Å²) in [5, 5.41) is 6.35. The second-order valence-corrected chi connectivity index (χ2v) is 6.09. The van der Waals surface area contributed by atoms with Gasteiger partial charge in [0.2, 0.25) is 0 Å². The van der Waals surface area contributed by atoms with E-state index in [1.54, 1.807) is 11.3 Å². The molecule has 1 atom stereocenters. The lowest BCUT2D eigenvalue weighted by Gasteiger charge is -2.21. The third-order valence-corrected chi connectivity index (χ3v) is 4.83. The topological polar surface area (TPSA) is 34.9 Å². The number of carbonyl (C=O) groups excluding carboxylic acids is 1. The van der Waals surface area contributed by atoms with Crippen LogP contribution in [0.5, 0.6) is 0 Å². The van der Waals surface area contributed by atoms with Gasteiger partial charge in [0.25, 0.3) is 0 Å². The average Bonchev–Trinajstić information content (AvgIpc) is 3.05. The van der Waals surface area contributed by atoms with Gasteiger partial charge in [0, 0.05) is 30.0 Å². The lowest BCUT2D eigenvalue weighted by atomic mass is 9.83. The van der Waals surface area contributed by atoms with E-state index in [0.717, 1.165) is 31.4 Å². The molecule has 1 aliphatic rings. The first-order chi connectivity index (χ1) is 9.28. The van der Waals surface area contributed by atoms with Crippen molar-refractivity contribution in [3.63, 3.8) is 0 Å². The van der Waals surface area contributed by atoms with E-state index in [1.165, 1.54) is 10.4 Å². The van der Waals surface area contributed by atoms with Crippen molar-refractivity contribution in [1.82, 2.24) is 9.78 Å². The number of nitrogens with zero attached hydrogens (tertiary/aromatic N) is 2. The molecular weight excluding hydrogens is 256 g/mol. The van der Waals surface area contributed by atoms with Gasteiger partial charge < -0.3 is 0 Å². The summed E-state index contributed by atoms with van der Waals surface area (Å²) < 4.78 is 1.87. The molecule has 0 N–H and O–H groups in total. The molecule has 2 aromatic heterocycles. The van der Waals surface area contributed by atoms with Crippen LogP contribution in [0, 0.1) is 0 Å². The SMILES string of the molecule is CCn1cc(CC(=O)C2CCCc3sccc32)cn1. The minimum absolute atomic E-state index is 0.111. The van der Waals surface area contributed by atoms with Crippen LogP contribution in [0.3, 0.4) is 0 Å². The standard InChI is InChI=1S/C15H18N2OS/c1-2-17-10-11(9-16-17)8-14(18)12-4-3-5-15-13(12)6-7-19-15/h6-7,9-10,12H,2-5,8H2,1H3. The quantitative estimate of drug-likeness (QED) is 0.858. The summed E-state index contributed by atoms with van der Waals surface area (Å²) in [7, 11) is 0. The fourth-order valence-electron chi connectivity index (χ4n) is 2.82. The number of aromatic nitrogens is 2. The van der Waals surface area contributed by atoms with E-state index in [4.69, 9.17) is 0 Å². The second kappa shape index (κ2) is 5.29. The van der Waals surface area contributed by atoms with Crippen LogP contribution in [0.15, 0.2) is 23.8 Å². The molecule has 3 rings (SSSR count). The normalized spacial score (nSPS) is 18.3.